The van der Waals surface area contributed by atoms with E-state index in [1.807, 2.05) is 49.9 Å². The van der Waals surface area contributed by atoms with Crippen molar-refractivity contribution in [2.45, 2.75) is 51.3 Å². The van der Waals surface area contributed by atoms with Gasteiger partial charge in [-0.05, 0) is 73.3 Å². The highest BCUT2D eigenvalue weighted by Crippen LogP contribution is 2.50. The Hall–Kier alpha value is -2.06. The van der Waals surface area contributed by atoms with Crippen molar-refractivity contribution in [2.24, 2.45) is 0 Å². The number of hydrogen-bond acceptors (Lipinski definition) is 5. The number of thiophene rings is 1. The zero-order chi connectivity index (χ0) is 22.4. The fraction of sp³-hybridized carbons (Fsp3) is 0.478. The summed E-state index contributed by atoms with van der Waals surface area (Å²) >= 11 is 5.04. The number of rotatable bonds is 3. The summed E-state index contributed by atoms with van der Waals surface area (Å²) in [5, 5.41) is 0. The fourth-order valence-electron chi connectivity index (χ4n) is 4.39. The van der Waals surface area contributed by atoms with Crippen molar-refractivity contribution in [3.8, 4) is 5.75 Å². The molecule has 1 spiro atoms. The van der Waals surface area contributed by atoms with E-state index >= 15 is 0 Å². The highest BCUT2D eigenvalue weighted by atomic mass is 79.9. The maximum Gasteiger partial charge on any atom is 0.410 e. The first-order valence-electron chi connectivity index (χ1n) is 10.4. The van der Waals surface area contributed by atoms with E-state index in [2.05, 4.69) is 22.0 Å². The first-order valence-corrected chi connectivity index (χ1v) is 12.0. The summed E-state index contributed by atoms with van der Waals surface area (Å²) in [5.41, 5.74) is 1.19. The van der Waals surface area contributed by atoms with Crippen LogP contribution < -0.4 is 4.74 Å². The molecule has 0 unspecified atom stereocenters. The summed E-state index contributed by atoms with van der Waals surface area (Å²) in [4.78, 5) is 30.5. The standard InChI is InChI=1S/C23H27BrN2O4S/c1-22(2,3)30-21(28)25-11-9-23(10-12-25)17-13-18(24)31-19(17)20(27)26(23)14-15-5-7-16(29-4)8-6-15/h5-8,13H,9-12,14H2,1-4H3. The van der Waals surface area contributed by atoms with Gasteiger partial charge in [0.25, 0.3) is 5.91 Å². The number of halogens is 1. The number of carbonyl (C=O) groups is 2. The van der Waals surface area contributed by atoms with Crippen LogP contribution in [0.5, 0.6) is 5.75 Å². The predicted octanol–water partition coefficient (Wildman–Crippen LogP) is 5.40. The van der Waals surface area contributed by atoms with Crippen molar-refractivity contribution in [1.82, 2.24) is 9.80 Å². The van der Waals surface area contributed by atoms with Crippen molar-refractivity contribution < 1.29 is 19.1 Å². The molecule has 1 aromatic carbocycles. The molecular formula is C23H27BrN2O4S. The Kier molecular flexibility index (Phi) is 5.81. The summed E-state index contributed by atoms with van der Waals surface area (Å²) in [6.07, 6.45) is 1.08. The molecule has 0 saturated carbocycles. The zero-order valence-electron chi connectivity index (χ0n) is 18.2. The SMILES string of the molecule is COc1ccc(CN2C(=O)c3sc(Br)cc3C23CCN(C(=O)OC(C)(C)C)CC3)cc1. The van der Waals surface area contributed by atoms with Gasteiger partial charge in [0.2, 0.25) is 0 Å². The van der Waals surface area contributed by atoms with E-state index in [0.717, 1.165) is 25.5 Å². The van der Waals surface area contributed by atoms with E-state index in [1.54, 1.807) is 12.0 Å². The number of piperidine rings is 1. The molecule has 166 valence electrons. The third-order valence-corrected chi connectivity index (χ3v) is 7.53. The second-order valence-corrected chi connectivity index (χ2v) is 11.5. The summed E-state index contributed by atoms with van der Waals surface area (Å²) in [6.45, 7) is 7.24. The van der Waals surface area contributed by atoms with Crippen molar-refractivity contribution >= 4 is 39.3 Å². The van der Waals surface area contributed by atoms with Gasteiger partial charge in [-0.3, -0.25) is 4.79 Å². The second kappa shape index (κ2) is 8.13. The molecule has 2 aliphatic heterocycles. The van der Waals surface area contributed by atoms with Crippen LogP contribution in [0.25, 0.3) is 0 Å². The van der Waals surface area contributed by atoms with Crippen LogP contribution in [-0.2, 0) is 16.8 Å². The molecule has 0 bridgehead atoms. The first kappa shape index (κ1) is 22.1. The number of likely N-dealkylation sites (tertiary alicyclic amines) is 1. The largest absolute Gasteiger partial charge is 0.497 e. The van der Waals surface area contributed by atoms with Crippen LogP contribution in [-0.4, -0.2) is 47.6 Å². The molecule has 1 saturated heterocycles. The number of amides is 2. The van der Waals surface area contributed by atoms with Crippen LogP contribution in [0.2, 0.25) is 0 Å². The van der Waals surface area contributed by atoms with E-state index in [-0.39, 0.29) is 12.0 Å². The lowest BCUT2D eigenvalue weighted by Gasteiger charge is -2.45. The van der Waals surface area contributed by atoms with Gasteiger partial charge in [0.1, 0.15) is 11.4 Å². The van der Waals surface area contributed by atoms with Crippen molar-refractivity contribution in [2.75, 3.05) is 20.2 Å². The van der Waals surface area contributed by atoms with E-state index in [9.17, 15) is 9.59 Å². The molecule has 2 aliphatic rings. The van der Waals surface area contributed by atoms with Gasteiger partial charge < -0.3 is 19.3 Å². The summed E-state index contributed by atoms with van der Waals surface area (Å²) < 4.78 is 11.8. The summed E-state index contributed by atoms with van der Waals surface area (Å²) in [6, 6.07) is 9.91. The predicted molar refractivity (Wildman–Crippen MR) is 124 cm³/mol. The van der Waals surface area contributed by atoms with Gasteiger partial charge in [-0.1, -0.05) is 12.1 Å². The van der Waals surface area contributed by atoms with Gasteiger partial charge in [-0.15, -0.1) is 11.3 Å². The van der Waals surface area contributed by atoms with Gasteiger partial charge in [0.15, 0.2) is 0 Å². The number of ether oxygens (including phenoxy) is 2. The first-order chi connectivity index (χ1) is 14.6. The van der Waals surface area contributed by atoms with E-state index in [4.69, 9.17) is 9.47 Å². The number of methoxy groups -OCH3 is 1. The molecule has 2 aromatic rings. The van der Waals surface area contributed by atoms with Crippen LogP contribution >= 0.6 is 27.3 Å². The van der Waals surface area contributed by atoms with Gasteiger partial charge >= 0.3 is 6.09 Å². The van der Waals surface area contributed by atoms with E-state index < -0.39 is 11.1 Å². The molecule has 8 heteroatoms. The molecule has 4 rings (SSSR count). The number of carbonyl (C=O) groups excluding carboxylic acids is 2. The minimum Gasteiger partial charge on any atom is -0.497 e. The maximum absolute atomic E-state index is 13.4. The van der Waals surface area contributed by atoms with Gasteiger partial charge in [-0.25, -0.2) is 4.79 Å². The van der Waals surface area contributed by atoms with Crippen LogP contribution in [0.15, 0.2) is 34.1 Å². The third kappa shape index (κ3) is 4.20. The second-order valence-electron chi connectivity index (χ2n) is 9.03. The van der Waals surface area contributed by atoms with E-state index in [0.29, 0.717) is 32.5 Å². The lowest BCUT2D eigenvalue weighted by atomic mass is 9.82. The molecule has 0 aliphatic carbocycles. The van der Waals surface area contributed by atoms with Gasteiger partial charge in [-0.2, -0.15) is 0 Å². The molecular weight excluding hydrogens is 480 g/mol. The Labute approximate surface area is 195 Å². The third-order valence-electron chi connectivity index (χ3n) is 5.90. The monoisotopic (exact) mass is 506 g/mol. The van der Waals surface area contributed by atoms with Crippen LogP contribution in [0.1, 0.15) is 54.4 Å². The van der Waals surface area contributed by atoms with Crippen molar-refractivity contribution in [1.29, 1.82) is 0 Å². The smallest absolute Gasteiger partial charge is 0.410 e. The number of benzene rings is 1. The van der Waals surface area contributed by atoms with Gasteiger partial charge in [0, 0.05) is 25.2 Å². The van der Waals surface area contributed by atoms with Crippen molar-refractivity contribution in [3.05, 3.63) is 50.1 Å². The quantitative estimate of drug-likeness (QED) is 0.558. The molecule has 31 heavy (non-hydrogen) atoms. The molecule has 6 nitrogen and oxygen atoms in total. The zero-order valence-corrected chi connectivity index (χ0v) is 20.6. The highest BCUT2D eigenvalue weighted by molar-refractivity contribution is 9.11. The minimum atomic E-state index is -0.526. The normalized spacial score (nSPS) is 17.8. The van der Waals surface area contributed by atoms with E-state index in [1.165, 1.54) is 11.3 Å². The molecule has 0 N–H and O–H groups in total. The molecule has 1 aromatic heterocycles. The number of hydrogen-bond donors (Lipinski definition) is 0. The molecule has 0 atom stereocenters. The maximum atomic E-state index is 13.4. The van der Waals surface area contributed by atoms with Crippen LogP contribution in [0.3, 0.4) is 0 Å². The Morgan fingerprint density at radius 1 is 1.19 bits per heavy atom. The Balaban J connectivity index is 1.59. The topological polar surface area (TPSA) is 59.1 Å². The minimum absolute atomic E-state index is 0.0623. The number of nitrogens with zero attached hydrogens (tertiary/aromatic N) is 2. The highest BCUT2D eigenvalue weighted by Gasteiger charge is 2.52. The molecule has 0 radical (unpaired) electrons. The summed E-state index contributed by atoms with van der Waals surface area (Å²) in [5.74, 6) is 0.854. The average molecular weight is 507 g/mol. The van der Waals surface area contributed by atoms with Crippen molar-refractivity contribution in [3.63, 3.8) is 0 Å². The lowest BCUT2D eigenvalue weighted by Crippen LogP contribution is -2.53. The molecule has 3 heterocycles. The Bertz CT molecular complexity index is 988. The van der Waals surface area contributed by atoms with Gasteiger partial charge in [0.05, 0.1) is 21.3 Å². The Morgan fingerprint density at radius 2 is 1.84 bits per heavy atom. The fourth-order valence-corrected chi connectivity index (χ4v) is 6.03. The Morgan fingerprint density at radius 3 is 2.42 bits per heavy atom. The molecule has 1 fully saturated rings. The van der Waals surface area contributed by atoms with Crippen LogP contribution in [0.4, 0.5) is 4.79 Å². The van der Waals surface area contributed by atoms with Crippen LogP contribution in [0, 0.1) is 0 Å². The summed E-state index contributed by atoms with van der Waals surface area (Å²) in [7, 11) is 1.64. The lowest BCUT2D eigenvalue weighted by molar-refractivity contribution is -0.00221. The average Bonchev–Trinajstić information content (AvgIpc) is 3.20. The molecule has 2 amide bonds. The number of fused-ring (bicyclic) bond motifs is 2.